The van der Waals surface area contributed by atoms with Gasteiger partial charge in [-0.15, -0.1) is 0 Å². The van der Waals surface area contributed by atoms with E-state index in [9.17, 15) is 21.2 Å². The molecular formula is C14H21FN2O5S2. The number of halogens is 1. The van der Waals surface area contributed by atoms with Crippen molar-refractivity contribution >= 4 is 20.0 Å². The van der Waals surface area contributed by atoms with Crippen molar-refractivity contribution in [2.45, 2.75) is 17.9 Å². The van der Waals surface area contributed by atoms with E-state index in [0.29, 0.717) is 0 Å². The van der Waals surface area contributed by atoms with Crippen molar-refractivity contribution in [2.75, 3.05) is 33.1 Å². The molecule has 0 radical (unpaired) electrons. The second kappa shape index (κ2) is 7.04. The van der Waals surface area contributed by atoms with Crippen LogP contribution in [0.4, 0.5) is 4.39 Å². The Bertz CT molecular complexity index is 808. The van der Waals surface area contributed by atoms with Crippen molar-refractivity contribution < 1.29 is 26.0 Å². The Morgan fingerprint density at radius 2 is 1.92 bits per heavy atom. The first kappa shape index (κ1) is 19.3. The fourth-order valence-corrected chi connectivity index (χ4v) is 5.17. The normalized spacial score (nSPS) is 22.2. The number of nitrogens with one attached hydrogen (secondary N) is 1. The third-order valence-corrected chi connectivity index (χ3v) is 7.52. The van der Waals surface area contributed by atoms with E-state index in [1.165, 1.54) is 27.1 Å². The number of aryl methyl sites for hydroxylation is 1. The van der Waals surface area contributed by atoms with Crippen molar-refractivity contribution in [1.29, 1.82) is 0 Å². The van der Waals surface area contributed by atoms with Gasteiger partial charge in [0.25, 0.3) is 0 Å². The first-order valence-electron chi connectivity index (χ1n) is 7.29. The maximum Gasteiger partial charge on any atom is 0.241 e. The molecule has 1 fully saturated rings. The predicted molar refractivity (Wildman–Crippen MR) is 87.0 cm³/mol. The number of hydrogen-bond donors (Lipinski definition) is 1. The van der Waals surface area contributed by atoms with Crippen LogP contribution in [0.2, 0.25) is 0 Å². The minimum atomic E-state index is -3.90. The van der Waals surface area contributed by atoms with Gasteiger partial charge >= 0.3 is 0 Å². The summed E-state index contributed by atoms with van der Waals surface area (Å²) in [6, 6.07) is 2.73. The van der Waals surface area contributed by atoms with Crippen molar-refractivity contribution in [3.8, 4) is 0 Å². The van der Waals surface area contributed by atoms with Crippen molar-refractivity contribution in [3.63, 3.8) is 0 Å². The van der Waals surface area contributed by atoms with Gasteiger partial charge in [-0.3, -0.25) is 0 Å². The number of benzene rings is 1. The van der Waals surface area contributed by atoms with E-state index in [1.807, 2.05) is 0 Å². The average Bonchev–Trinajstić information content (AvgIpc) is 2.83. The van der Waals surface area contributed by atoms with E-state index in [-0.39, 0.29) is 29.4 Å². The maximum atomic E-state index is 13.2. The Morgan fingerprint density at radius 1 is 1.25 bits per heavy atom. The third-order valence-electron chi connectivity index (χ3n) is 3.91. The third kappa shape index (κ3) is 4.31. The number of hydrogen-bond acceptors (Lipinski definition) is 5. The van der Waals surface area contributed by atoms with E-state index in [0.717, 1.165) is 16.4 Å². The average molecular weight is 380 g/mol. The van der Waals surface area contributed by atoms with E-state index < -0.39 is 37.8 Å². The first-order valence-corrected chi connectivity index (χ1v) is 10.4. The Hall–Kier alpha value is -1.07. The molecule has 10 heteroatoms. The van der Waals surface area contributed by atoms with Gasteiger partial charge in [0.2, 0.25) is 20.0 Å². The molecule has 136 valence electrons. The highest BCUT2D eigenvalue weighted by Gasteiger charge is 2.36. The van der Waals surface area contributed by atoms with Crippen LogP contribution in [0, 0.1) is 18.7 Å². The Morgan fingerprint density at radius 3 is 2.50 bits per heavy atom. The summed E-state index contributed by atoms with van der Waals surface area (Å²) in [5.74, 6) is -1.23. The summed E-state index contributed by atoms with van der Waals surface area (Å²) in [6.45, 7) is 1.74. The van der Waals surface area contributed by atoms with Crippen LogP contribution in [0.25, 0.3) is 0 Å². The monoisotopic (exact) mass is 380 g/mol. The molecular weight excluding hydrogens is 359 g/mol. The van der Waals surface area contributed by atoms with Crippen LogP contribution >= 0.6 is 0 Å². The minimum Gasteiger partial charge on any atom is -0.379 e. The van der Waals surface area contributed by atoms with Crippen molar-refractivity contribution in [2.24, 2.45) is 5.92 Å². The molecule has 1 aliphatic heterocycles. The van der Waals surface area contributed by atoms with Gasteiger partial charge in [-0.2, -0.15) is 0 Å². The molecule has 1 aromatic carbocycles. The quantitative estimate of drug-likeness (QED) is 0.767. The highest BCUT2D eigenvalue weighted by molar-refractivity contribution is 7.89. The van der Waals surface area contributed by atoms with E-state index in [1.54, 1.807) is 0 Å². The van der Waals surface area contributed by atoms with Crippen LogP contribution in [0.15, 0.2) is 23.1 Å². The summed E-state index contributed by atoms with van der Waals surface area (Å²) in [7, 11) is -4.54. The molecule has 2 rings (SSSR count). The minimum absolute atomic E-state index is 0.0370. The molecule has 24 heavy (non-hydrogen) atoms. The number of rotatable bonds is 6. The second-order valence-corrected chi connectivity index (χ2v) is 9.91. The predicted octanol–water partition coefficient (Wildman–Crippen LogP) is 0.319. The zero-order valence-electron chi connectivity index (χ0n) is 13.7. The lowest BCUT2D eigenvalue weighted by Gasteiger charge is -2.21. The summed E-state index contributed by atoms with van der Waals surface area (Å²) in [4.78, 5) is -0.0370. The molecule has 1 N–H and O–H groups in total. The largest absolute Gasteiger partial charge is 0.379 e. The van der Waals surface area contributed by atoms with Crippen LogP contribution in [-0.4, -0.2) is 60.2 Å². The summed E-state index contributed by atoms with van der Waals surface area (Å²) >= 11 is 0. The van der Waals surface area contributed by atoms with Crippen molar-refractivity contribution in [3.05, 3.63) is 29.6 Å². The Labute approximate surface area is 141 Å². The summed E-state index contributed by atoms with van der Waals surface area (Å²) in [6.07, 6.45) is 0. The molecule has 7 nitrogen and oxygen atoms in total. The van der Waals surface area contributed by atoms with Gasteiger partial charge in [-0.05, 0) is 30.7 Å². The molecule has 0 aliphatic carbocycles. The van der Waals surface area contributed by atoms with Gasteiger partial charge in [0, 0.05) is 20.0 Å². The van der Waals surface area contributed by atoms with Gasteiger partial charge in [0.1, 0.15) is 5.82 Å². The summed E-state index contributed by atoms with van der Waals surface area (Å²) < 4.78 is 71.1. The smallest absolute Gasteiger partial charge is 0.241 e. The Kier molecular flexibility index (Phi) is 5.65. The second-order valence-electron chi connectivity index (χ2n) is 6.00. The van der Waals surface area contributed by atoms with E-state index >= 15 is 0 Å². The molecule has 1 saturated heterocycles. The van der Waals surface area contributed by atoms with Gasteiger partial charge in [0.15, 0.2) is 0 Å². The van der Waals surface area contributed by atoms with Crippen LogP contribution in [0.5, 0.6) is 0 Å². The molecule has 0 saturated carbocycles. The van der Waals surface area contributed by atoms with Crippen molar-refractivity contribution in [1.82, 2.24) is 9.03 Å². The summed E-state index contributed by atoms with van der Waals surface area (Å²) in [5.41, 5.74) is 0.277. The van der Waals surface area contributed by atoms with E-state index in [4.69, 9.17) is 4.74 Å². The van der Waals surface area contributed by atoms with Crippen LogP contribution in [-0.2, 0) is 24.8 Å². The van der Waals surface area contributed by atoms with E-state index in [2.05, 4.69) is 4.72 Å². The van der Waals surface area contributed by atoms with Crippen LogP contribution < -0.4 is 4.72 Å². The van der Waals surface area contributed by atoms with Gasteiger partial charge in [-0.25, -0.2) is 30.3 Å². The number of nitrogens with zero attached hydrogens (tertiary/aromatic N) is 1. The lowest BCUT2D eigenvalue weighted by molar-refractivity contribution is 0.185. The number of sulfonamides is 2. The lowest BCUT2D eigenvalue weighted by atomic mass is 10.1. The van der Waals surface area contributed by atoms with Crippen LogP contribution in [0.3, 0.4) is 0 Å². The highest BCUT2D eigenvalue weighted by Crippen LogP contribution is 2.21. The van der Waals surface area contributed by atoms with Gasteiger partial charge in [-0.1, -0.05) is 0 Å². The molecule has 0 bridgehead atoms. The summed E-state index contributed by atoms with van der Waals surface area (Å²) in [5, 5.41) is 0. The highest BCUT2D eigenvalue weighted by atomic mass is 32.2. The first-order chi connectivity index (χ1) is 11.0. The molecule has 2 atom stereocenters. The standard InChI is InChI=1S/C14H21FN2O5S2/c1-10-6-12(15)4-5-14(10)24(20,21)16-13-8-22-7-11(13)9-23(18,19)17(2)3/h4-6,11,13,16H,7-9H2,1-3H3. The molecule has 1 aromatic rings. The fraction of sp³-hybridized carbons (Fsp3) is 0.571. The zero-order valence-corrected chi connectivity index (χ0v) is 15.3. The van der Waals surface area contributed by atoms with Crippen LogP contribution in [0.1, 0.15) is 5.56 Å². The molecule has 0 aromatic heterocycles. The Balaban J connectivity index is 2.19. The fourth-order valence-electron chi connectivity index (χ4n) is 2.49. The SMILES string of the molecule is Cc1cc(F)ccc1S(=O)(=O)NC1COCC1CS(=O)(=O)N(C)C. The van der Waals surface area contributed by atoms with Gasteiger partial charge < -0.3 is 4.74 Å². The molecule has 2 unspecified atom stereocenters. The maximum absolute atomic E-state index is 13.2. The lowest BCUT2D eigenvalue weighted by Crippen LogP contribution is -2.43. The zero-order chi connectivity index (χ0) is 18.1. The topological polar surface area (TPSA) is 92.8 Å². The molecule has 0 amide bonds. The molecule has 1 heterocycles. The molecule has 0 spiro atoms. The van der Waals surface area contributed by atoms with Gasteiger partial charge in [0.05, 0.1) is 29.9 Å². The number of ether oxygens (including phenoxy) is 1. The molecule has 1 aliphatic rings.